The first kappa shape index (κ1) is 15.4. The second kappa shape index (κ2) is 8.45. The average Bonchev–Trinajstić information content (AvgIpc) is 2.42. The number of esters is 1. The second-order valence-corrected chi connectivity index (χ2v) is 4.69. The number of nitrogens with zero attached hydrogens (tertiary/aromatic N) is 1. The summed E-state index contributed by atoms with van der Waals surface area (Å²) in [6, 6.07) is -0.231. The highest BCUT2D eigenvalue weighted by Crippen LogP contribution is 2.09. The molecule has 1 fully saturated rings. The lowest BCUT2D eigenvalue weighted by Gasteiger charge is -2.34. The molecule has 0 bridgehead atoms. The summed E-state index contributed by atoms with van der Waals surface area (Å²) < 4.78 is 10.5. The Kier molecular flexibility index (Phi) is 7.23. The van der Waals surface area contributed by atoms with Crippen molar-refractivity contribution in [3.63, 3.8) is 0 Å². The molecular weight excluding hydrogens is 232 g/mol. The van der Waals surface area contributed by atoms with E-state index in [1.807, 2.05) is 0 Å². The molecule has 0 aliphatic carbocycles. The predicted octanol–water partition coefficient (Wildman–Crippen LogP) is 0.638. The van der Waals surface area contributed by atoms with Crippen molar-refractivity contribution in [3.8, 4) is 0 Å². The molecule has 1 heterocycles. The number of rotatable bonds is 7. The normalized spacial score (nSPS) is 22.7. The van der Waals surface area contributed by atoms with Gasteiger partial charge in [0.15, 0.2) is 0 Å². The van der Waals surface area contributed by atoms with Crippen LogP contribution in [0.15, 0.2) is 0 Å². The van der Waals surface area contributed by atoms with E-state index in [4.69, 9.17) is 9.47 Å². The van der Waals surface area contributed by atoms with Gasteiger partial charge in [-0.05, 0) is 19.4 Å². The van der Waals surface area contributed by atoms with Crippen LogP contribution in [0.2, 0.25) is 0 Å². The molecule has 106 valence electrons. The Labute approximate surface area is 110 Å². The summed E-state index contributed by atoms with van der Waals surface area (Å²) in [5.74, 6) is -0.178. The Morgan fingerprint density at radius 3 is 2.94 bits per heavy atom. The minimum atomic E-state index is -0.231. The second-order valence-electron chi connectivity index (χ2n) is 4.69. The van der Waals surface area contributed by atoms with Crippen LogP contribution in [-0.2, 0) is 14.3 Å². The third-order valence-corrected chi connectivity index (χ3v) is 3.25. The summed E-state index contributed by atoms with van der Waals surface area (Å²) in [6.07, 6.45) is 2.32. The Morgan fingerprint density at radius 2 is 2.33 bits per heavy atom. The molecule has 1 aliphatic heterocycles. The topological polar surface area (TPSA) is 50.8 Å². The standard InChI is InChI=1S/C13H26N2O3/c1-4-6-14-12(13(16)17-3)10-15-7-8-18-11(5-2)9-15/h11-12,14H,4-10H2,1-3H3. The summed E-state index contributed by atoms with van der Waals surface area (Å²) in [7, 11) is 1.44. The summed E-state index contributed by atoms with van der Waals surface area (Å²) >= 11 is 0. The van der Waals surface area contributed by atoms with Gasteiger partial charge in [-0.15, -0.1) is 0 Å². The molecule has 1 rings (SSSR count). The summed E-state index contributed by atoms with van der Waals surface area (Å²) in [5, 5.41) is 3.24. The minimum absolute atomic E-state index is 0.178. The number of methoxy groups -OCH3 is 1. The van der Waals surface area contributed by atoms with E-state index >= 15 is 0 Å². The molecular formula is C13H26N2O3. The molecule has 0 radical (unpaired) electrons. The number of nitrogens with one attached hydrogen (secondary N) is 1. The van der Waals surface area contributed by atoms with Gasteiger partial charge in [-0.3, -0.25) is 9.69 Å². The van der Waals surface area contributed by atoms with Crippen molar-refractivity contribution in [1.29, 1.82) is 0 Å². The molecule has 0 aromatic rings. The van der Waals surface area contributed by atoms with E-state index in [0.717, 1.165) is 39.1 Å². The molecule has 0 spiro atoms. The van der Waals surface area contributed by atoms with Crippen LogP contribution in [0.5, 0.6) is 0 Å². The first-order valence-electron chi connectivity index (χ1n) is 6.86. The number of morpholine rings is 1. The van der Waals surface area contributed by atoms with Crippen LogP contribution in [0, 0.1) is 0 Å². The zero-order valence-electron chi connectivity index (χ0n) is 11.8. The highest BCUT2D eigenvalue weighted by molar-refractivity contribution is 5.75. The number of carbonyl (C=O) groups excluding carboxylic acids is 1. The van der Waals surface area contributed by atoms with Crippen molar-refractivity contribution < 1.29 is 14.3 Å². The summed E-state index contributed by atoms with van der Waals surface area (Å²) in [5.41, 5.74) is 0. The van der Waals surface area contributed by atoms with Gasteiger partial charge in [0.2, 0.25) is 0 Å². The van der Waals surface area contributed by atoms with Gasteiger partial charge in [0.05, 0.1) is 19.8 Å². The highest BCUT2D eigenvalue weighted by Gasteiger charge is 2.25. The molecule has 0 aromatic heterocycles. The van der Waals surface area contributed by atoms with E-state index in [1.54, 1.807) is 0 Å². The van der Waals surface area contributed by atoms with Gasteiger partial charge in [0, 0.05) is 19.6 Å². The lowest BCUT2D eigenvalue weighted by molar-refractivity contribution is -0.144. The monoisotopic (exact) mass is 258 g/mol. The predicted molar refractivity (Wildman–Crippen MR) is 70.6 cm³/mol. The number of hydrogen-bond acceptors (Lipinski definition) is 5. The van der Waals surface area contributed by atoms with Gasteiger partial charge in [-0.2, -0.15) is 0 Å². The maximum atomic E-state index is 11.7. The van der Waals surface area contributed by atoms with Crippen LogP contribution in [0.3, 0.4) is 0 Å². The van der Waals surface area contributed by atoms with Crippen LogP contribution in [0.1, 0.15) is 26.7 Å². The largest absolute Gasteiger partial charge is 0.468 e. The molecule has 1 saturated heterocycles. The van der Waals surface area contributed by atoms with Crippen LogP contribution in [-0.4, -0.2) is 62.9 Å². The van der Waals surface area contributed by atoms with Crippen molar-refractivity contribution in [3.05, 3.63) is 0 Å². The quantitative estimate of drug-likeness (QED) is 0.679. The number of hydrogen-bond donors (Lipinski definition) is 1. The fourth-order valence-corrected chi connectivity index (χ4v) is 2.13. The lowest BCUT2D eigenvalue weighted by Crippen LogP contribution is -2.51. The fraction of sp³-hybridized carbons (Fsp3) is 0.923. The Bertz CT molecular complexity index is 248. The van der Waals surface area contributed by atoms with Crippen LogP contribution in [0.25, 0.3) is 0 Å². The third kappa shape index (κ3) is 4.92. The lowest BCUT2D eigenvalue weighted by atomic mass is 10.2. The summed E-state index contributed by atoms with van der Waals surface area (Å²) in [6.45, 7) is 8.29. The van der Waals surface area contributed by atoms with Crippen molar-refractivity contribution in [1.82, 2.24) is 10.2 Å². The fourth-order valence-electron chi connectivity index (χ4n) is 2.13. The number of ether oxygens (including phenoxy) is 2. The smallest absolute Gasteiger partial charge is 0.324 e. The first-order valence-corrected chi connectivity index (χ1v) is 6.86. The first-order chi connectivity index (χ1) is 8.71. The zero-order valence-corrected chi connectivity index (χ0v) is 11.8. The van der Waals surface area contributed by atoms with E-state index in [0.29, 0.717) is 12.6 Å². The molecule has 1 aliphatic rings. The van der Waals surface area contributed by atoms with Crippen molar-refractivity contribution in [2.75, 3.05) is 39.9 Å². The van der Waals surface area contributed by atoms with Gasteiger partial charge < -0.3 is 14.8 Å². The molecule has 5 nitrogen and oxygen atoms in total. The molecule has 2 atom stereocenters. The van der Waals surface area contributed by atoms with Gasteiger partial charge in [-0.25, -0.2) is 0 Å². The van der Waals surface area contributed by atoms with Crippen molar-refractivity contribution in [2.24, 2.45) is 0 Å². The van der Waals surface area contributed by atoms with Gasteiger partial charge in [0.25, 0.3) is 0 Å². The van der Waals surface area contributed by atoms with Crippen LogP contribution in [0.4, 0.5) is 0 Å². The van der Waals surface area contributed by atoms with E-state index in [1.165, 1.54) is 7.11 Å². The molecule has 0 amide bonds. The van der Waals surface area contributed by atoms with Gasteiger partial charge in [0.1, 0.15) is 6.04 Å². The van der Waals surface area contributed by atoms with E-state index in [-0.39, 0.29) is 12.0 Å². The molecule has 2 unspecified atom stereocenters. The van der Waals surface area contributed by atoms with E-state index < -0.39 is 0 Å². The summed E-state index contributed by atoms with van der Waals surface area (Å²) in [4.78, 5) is 14.0. The van der Waals surface area contributed by atoms with Crippen molar-refractivity contribution >= 4 is 5.97 Å². The van der Waals surface area contributed by atoms with Crippen LogP contribution >= 0.6 is 0 Å². The molecule has 0 saturated carbocycles. The van der Waals surface area contributed by atoms with E-state index in [9.17, 15) is 4.79 Å². The maximum Gasteiger partial charge on any atom is 0.324 e. The van der Waals surface area contributed by atoms with E-state index in [2.05, 4.69) is 24.1 Å². The van der Waals surface area contributed by atoms with Gasteiger partial charge >= 0.3 is 5.97 Å². The SMILES string of the molecule is CCCNC(CN1CCOC(CC)C1)C(=O)OC. The Hall–Kier alpha value is -0.650. The third-order valence-electron chi connectivity index (χ3n) is 3.25. The number of carbonyl (C=O) groups is 1. The molecule has 0 aromatic carbocycles. The molecule has 5 heteroatoms. The minimum Gasteiger partial charge on any atom is -0.468 e. The highest BCUT2D eigenvalue weighted by atomic mass is 16.5. The van der Waals surface area contributed by atoms with Crippen molar-refractivity contribution in [2.45, 2.75) is 38.8 Å². The Morgan fingerprint density at radius 1 is 1.56 bits per heavy atom. The Balaban J connectivity index is 2.45. The molecule has 18 heavy (non-hydrogen) atoms. The maximum absolute atomic E-state index is 11.7. The van der Waals surface area contributed by atoms with Gasteiger partial charge in [-0.1, -0.05) is 13.8 Å². The van der Waals surface area contributed by atoms with Crippen LogP contribution < -0.4 is 5.32 Å². The zero-order chi connectivity index (χ0) is 13.4. The molecule has 1 N–H and O–H groups in total. The average molecular weight is 258 g/mol.